The number of aromatic nitrogens is 6. The summed E-state index contributed by atoms with van der Waals surface area (Å²) in [5.74, 6) is 1.88. The highest BCUT2D eigenvalue weighted by Gasteiger charge is 2.17. The van der Waals surface area contributed by atoms with E-state index in [0.29, 0.717) is 17.5 Å². The summed E-state index contributed by atoms with van der Waals surface area (Å²) < 4.78 is 0. The van der Waals surface area contributed by atoms with Gasteiger partial charge in [0.05, 0.1) is 22.2 Å². The number of benzene rings is 5. The largest absolute Gasteiger partial charge is 0.254 e. The molecule has 0 spiro atoms. The standard InChI is InChI=1S/C40H24N6/c1-3-10-27(11-4-1)38-44-39(28-12-5-2-6-13-28)46-40(45-38)29-19-17-26(18-20-29)35-32-24-42-37-31(22-21-25-14-9-23-41-36(25)37)34(32)30-15-7-8-16-33(30)43-35/h1-24H. The average Bonchev–Trinajstić information content (AvgIpc) is 3.14. The molecular formula is C40H24N6. The molecule has 4 heterocycles. The van der Waals surface area contributed by atoms with Crippen molar-refractivity contribution in [2.24, 2.45) is 0 Å². The molecule has 0 saturated carbocycles. The summed E-state index contributed by atoms with van der Waals surface area (Å²) in [5, 5.41) is 5.34. The number of rotatable bonds is 4. The Morgan fingerprint density at radius 1 is 0.370 bits per heavy atom. The van der Waals surface area contributed by atoms with Gasteiger partial charge < -0.3 is 0 Å². The first-order chi connectivity index (χ1) is 22.8. The van der Waals surface area contributed by atoms with E-state index in [4.69, 9.17) is 24.9 Å². The van der Waals surface area contributed by atoms with Crippen LogP contribution in [0.3, 0.4) is 0 Å². The maximum atomic E-state index is 5.16. The first-order valence-corrected chi connectivity index (χ1v) is 15.1. The van der Waals surface area contributed by atoms with E-state index in [1.54, 1.807) is 0 Å². The molecule has 0 radical (unpaired) electrons. The Labute approximate surface area is 264 Å². The highest BCUT2D eigenvalue weighted by atomic mass is 15.0. The van der Waals surface area contributed by atoms with Crippen LogP contribution in [0, 0.1) is 0 Å². The van der Waals surface area contributed by atoms with Crippen molar-refractivity contribution >= 4 is 43.5 Å². The molecule has 0 unspecified atom stereocenters. The fourth-order valence-electron chi connectivity index (χ4n) is 6.17. The number of hydrogen-bond acceptors (Lipinski definition) is 6. The van der Waals surface area contributed by atoms with Crippen LogP contribution in [0.2, 0.25) is 0 Å². The van der Waals surface area contributed by atoms with Gasteiger partial charge in [0, 0.05) is 61.6 Å². The van der Waals surface area contributed by atoms with Crippen molar-refractivity contribution in [2.75, 3.05) is 0 Å². The molecule has 214 valence electrons. The fourth-order valence-corrected chi connectivity index (χ4v) is 6.17. The second kappa shape index (κ2) is 10.6. The Balaban J connectivity index is 1.21. The molecule has 0 aliphatic rings. The molecule has 0 bridgehead atoms. The molecule has 0 aliphatic heterocycles. The maximum absolute atomic E-state index is 5.16. The zero-order chi connectivity index (χ0) is 30.5. The van der Waals surface area contributed by atoms with Crippen molar-refractivity contribution in [3.63, 3.8) is 0 Å². The lowest BCUT2D eigenvalue weighted by atomic mass is 9.97. The first kappa shape index (κ1) is 26.0. The van der Waals surface area contributed by atoms with Crippen LogP contribution in [0.4, 0.5) is 0 Å². The zero-order valence-electron chi connectivity index (χ0n) is 24.5. The topological polar surface area (TPSA) is 77.3 Å². The van der Waals surface area contributed by atoms with Gasteiger partial charge in [0.2, 0.25) is 0 Å². The lowest BCUT2D eigenvalue weighted by molar-refractivity contribution is 1.07. The van der Waals surface area contributed by atoms with Crippen LogP contribution in [0.15, 0.2) is 146 Å². The summed E-state index contributed by atoms with van der Waals surface area (Å²) in [6.45, 7) is 0. The Morgan fingerprint density at radius 2 is 0.978 bits per heavy atom. The highest BCUT2D eigenvalue weighted by Crippen LogP contribution is 2.38. The minimum atomic E-state index is 0.614. The van der Waals surface area contributed by atoms with Crippen molar-refractivity contribution < 1.29 is 0 Å². The van der Waals surface area contributed by atoms with Gasteiger partial charge in [0.25, 0.3) is 0 Å². The van der Waals surface area contributed by atoms with E-state index in [0.717, 1.165) is 71.4 Å². The van der Waals surface area contributed by atoms with Gasteiger partial charge in [-0.15, -0.1) is 0 Å². The van der Waals surface area contributed by atoms with Crippen molar-refractivity contribution in [3.8, 4) is 45.4 Å². The molecule has 0 amide bonds. The van der Waals surface area contributed by atoms with Crippen LogP contribution < -0.4 is 0 Å². The number of para-hydroxylation sites is 1. The third-order valence-corrected chi connectivity index (χ3v) is 8.39. The van der Waals surface area contributed by atoms with Crippen LogP contribution in [-0.4, -0.2) is 29.9 Å². The summed E-state index contributed by atoms with van der Waals surface area (Å²) in [5.41, 5.74) is 7.36. The maximum Gasteiger partial charge on any atom is 0.164 e. The second-order valence-corrected chi connectivity index (χ2v) is 11.2. The molecule has 0 N–H and O–H groups in total. The number of hydrogen-bond donors (Lipinski definition) is 0. The molecule has 5 aromatic carbocycles. The smallest absolute Gasteiger partial charge is 0.164 e. The third kappa shape index (κ3) is 4.35. The number of pyridine rings is 3. The molecule has 9 aromatic rings. The van der Waals surface area contributed by atoms with E-state index in [-0.39, 0.29) is 0 Å². The molecular weight excluding hydrogens is 564 g/mol. The minimum Gasteiger partial charge on any atom is -0.254 e. The van der Waals surface area contributed by atoms with Gasteiger partial charge in [-0.25, -0.2) is 19.9 Å². The van der Waals surface area contributed by atoms with Gasteiger partial charge in [-0.3, -0.25) is 9.97 Å². The van der Waals surface area contributed by atoms with E-state index < -0.39 is 0 Å². The van der Waals surface area contributed by atoms with E-state index >= 15 is 0 Å². The van der Waals surface area contributed by atoms with E-state index in [9.17, 15) is 0 Å². The normalized spacial score (nSPS) is 11.5. The molecule has 0 saturated heterocycles. The average molecular weight is 589 g/mol. The van der Waals surface area contributed by atoms with Crippen LogP contribution in [0.25, 0.3) is 88.9 Å². The van der Waals surface area contributed by atoms with Crippen molar-refractivity contribution in [3.05, 3.63) is 146 Å². The van der Waals surface area contributed by atoms with Gasteiger partial charge in [0.15, 0.2) is 17.5 Å². The molecule has 9 rings (SSSR count). The highest BCUT2D eigenvalue weighted by molar-refractivity contribution is 6.24. The Morgan fingerprint density at radius 3 is 1.67 bits per heavy atom. The van der Waals surface area contributed by atoms with Gasteiger partial charge in [-0.2, -0.15) is 0 Å². The molecule has 46 heavy (non-hydrogen) atoms. The molecule has 0 fully saturated rings. The fraction of sp³-hybridized carbons (Fsp3) is 0. The lowest BCUT2D eigenvalue weighted by Crippen LogP contribution is -2.00. The summed E-state index contributed by atoms with van der Waals surface area (Å²) in [7, 11) is 0. The number of fused-ring (bicyclic) bond motifs is 7. The molecule has 6 heteroatoms. The SMILES string of the molecule is c1ccc(-c2nc(-c3ccccc3)nc(-c3ccc(-c4nc5ccccc5c5c4cnc4c5ccc5cccnc54)cc3)n2)cc1. The summed E-state index contributed by atoms with van der Waals surface area (Å²) in [4.78, 5) is 29.4. The van der Waals surface area contributed by atoms with Gasteiger partial charge in [-0.1, -0.05) is 121 Å². The monoisotopic (exact) mass is 588 g/mol. The Bertz CT molecular complexity index is 2510. The van der Waals surface area contributed by atoms with Gasteiger partial charge in [0.1, 0.15) is 0 Å². The minimum absolute atomic E-state index is 0.614. The molecule has 6 nitrogen and oxygen atoms in total. The Kier molecular flexibility index (Phi) is 6.03. The predicted molar refractivity (Wildman–Crippen MR) is 185 cm³/mol. The van der Waals surface area contributed by atoms with E-state index in [1.165, 1.54) is 0 Å². The zero-order valence-corrected chi connectivity index (χ0v) is 24.5. The van der Waals surface area contributed by atoms with Crippen LogP contribution >= 0.6 is 0 Å². The molecule has 0 aliphatic carbocycles. The quantitative estimate of drug-likeness (QED) is 0.191. The van der Waals surface area contributed by atoms with Crippen molar-refractivity contribution in [2.45, 2.75) is 0 Å². The van der Waals surface area contributed by atoms with Crippen LogP contribution in [-0.2, 0) is 0 Å². The summed E-state index contributed by atoms with van der Waals surface area (Å²) in [6.07, 6.45) is 3.77. The van der Waals surface area contributed by atoms with Gasteiger partial charge in [-0.05, 0) is 12.1 Å². The predicted octanol–water partition coefficient (Wildman–Crippen LogP) is 9.34. The second-order valence-electron chi connectivity index (χ2n) is 11.2. The molecule has 4 aromatic heterocycles. The summed E-state index contributed by atoms with van der Waals surface area (Å²) >= 11 is 0. The van der Waals surface area contributed by atoms with E-state index in [2.05, 4.69) is 65.6 Å². The van der Waals surface area contributed by atoms with Crippen LogP contribution in [0.1, 0.15) is 0 Å². The number of nitrogens with zero attached hydrogens (tertiary/aromatic N) is 6. The Hall–Kier alpha value is -6.40. The summed E-state index contributed by atoms with van der Waals surface area (Å²) in [6, 6.07) is 44.9. The lowest BCUT2D eigenvalue weighted by Gasteiger charge is -2.13. The van der Waals surface area contributed by atoms with Gasteiger partial charge >= 0.3 is 0 Å². The van der Waals surface area contributed by atoms with Crippen LogP contribution in [0.5, 0.6) is 0 Å². The third-order valence-electron chi connectivity index (χ3n) is 8.39. The molecule has 0 atom stereocenters. The first-order valence-electron chi connectivity index (χ1n) is 15.1. The van der Waals surface area contributed by atoms with Crippen molar-refractivity contribution in [1.82, 2.24) is 29.9 Å². The van der Waals surface area contributed by atoms with Crippen molar-refractivity contribution in [1.29, 1.82) is 0 Å². The van der Waals surface area contributed by atoms with E-state index in [1.807, 2.05) is 85.2 Å².